The Bertz CT molecular complexity index is 1410. The van der Waals surface area contributed by atoms with E-state index in [9.17, 15) is 46.0 Å². The van der Waals surface area contributed by atoms with E-state index >= 15 is 0 Å². The van der Waals surface area contributed by atoms with Gasteiger partial charge in [-0.2, -0.15) is 0 Å². The zero-order valence-corrected chi connectivity index (χ0v) is 32.7. The van der Waals surface area contributed by atoms with Crippen molar-refractivity contribution in [1.29, 1.82) is 0 Å². The van der Waals surface area contributed by atoms with E-state index in [1.165, 1.54) is 0 Å². The number of hydrogen-bond acceptors (Lipinski definition) is 14. The molecule has 8 aliphatic rings. The second kappa shape index (κ2) is 13.2. The van der Waals surface area contributed by atoms with Gasteiger partial charge in [-0.1, -0.05) is 20.8 Å². The van der Waals surface area contributed by atoms with Gasteiger partial charge in [0.25, 0.3) is 0 Å². The molecule has 8 rings (SSSR count). The van der Waals surface area contributed by atoms with Gasteiger partial charge in [-0.15, -0.1) is 0 Å². The summed E-state index contributed by atoms with van der Waals surface area (Å²) in [6.07, 6.45) is -7.21. The summed E-state index contributed by atoms with van der Waals surface area (Å²) in [5, 5.41) is 96.7. The van der Waals surface area contributed by atoms with Crippen LogP contribution >= 0.6 is 0 Å². The summed E-state index contributed by atoms with van der Waals surface area (Å²) < 4.78 is 31.7. The molecule has 8 fully saturated rings. The molecule has 21 atom stereocenters. The molecule has 9 N–H and O–H groups in total. The molecule has 14 nitrogen and oxygen atoms in total. The summed E-state index contributed by atoms with van der Waals surface area (Å²) in [6, 6.07) is 0. The molecule has 3 heterocycles. The lowest BCUT2D eigenvalue weighted by atomic mass is 9.45. The maximum Gasteiger partial charge on any atom is 0.186 e. The van der Waals surface area contributed by atoms with Crippen LogP contribution in [0.5, 0.6) is 0 Å². The lowest BCUT2D eigenvalue weighted by molar-refractivity contribution is -0.337. The van der Waals surface area contributed by atoms with Gasteiger partial charge >= 0.3 is 0 Å². The SMILES string of the molecule is CC(C)(O)[C@@H]1CC[C@](C)([C@H]2[C@@H](O)C[C@H]3[C@@H]4C[C@H](O[C@@H]5O[C@H](CO)[C@@H](O)[C@H](O)[C@H]5O)[C@H]5C(C)(C)[C@@H](O[C@@H]6OC[C@@H](O)[C@H](O)[C@H]6O)CC[C@@]56C[C@@]46CC[C@@]32C)O1. The largest absolute Gasteiger partial charge is 0.394 e. The summed E-state index contributed by atoms with van der Waals surface area (Å²) in [4.78, 5) is 0. The van der Waals surface area contributed by atoms with Crippen LogP contribution in [0.25, 0.3) is 0 Å². The third-order valence-corrected chi connectivity index (χ3v) is 16.8. The van der Waals surface area contributed by atoms with Gasteiger partial charge in [0, 0.05) is 5.92 Å². The number of rotatable bonds is 7. The number of aliphatic hydroxyl groups excluding tert-OH is 8. The van der Waals surface area contributed by atoms with Crippen molar-refractivity contribution >= 4 is 0 Å². The minimum atomic E-state index is -1.59. The van der Waals surface area contributed by atoms with Gasteiger partial charge in [0.15, 0.2) is 12.6 Å². The molecule has 0 aromatic heterocycles. The molecule has 0 bridgehead atoms. The van der Waals surface area contributed by atoms with Crippen LogP contribution in [0.4, 0.5) is 0 Å². The van der Waals surface area contributed by atoms with Crippen LogP contribution in [-0.2, 0) is 23.7 Å². The second-order valence-electron chi connectivity index (χ2n) is 20.4. The van der Waals surface area contributed by atoms with E-state index < -0.39 is 96.8 Å². The first-order valence-electron chi connectivity index (χ1n) is 20.5. The quantitative estimate of drug-likeness (QED) is 0.159. The van der Waals surface area contributed by atoms with E-state index in [4.69, 9.17) is 23.7 Å². The van der Waals surface area contributed by atoms with Crippen molar-refractivity contribution in [3.8, 4) is 0 Å². The van der Waals surface area contributed by atoms with Crippen LogP contribution in [0.2, 0.25) is 0 Å². The maximum atomic E-state index is 12.0. The molecule has 3 aliphatic heterocycles. The average molecular weight is 771 g/mol. The molecule has 0 aromatic rings. The highest BCUT2D eigenvalue weighted by atomic mass is 16.7. The van der Waals surface area contributed by atoms with E-state index in [1.807, 2.05) is 0 Å². The number of ether oxygens (including phenoxy) is 5. The van der Waals surface area contributed by atoms with Crippen molar-refractivity contribution in [2.24, 2.45) is 45.3 Å². The standard InChI is InChI=1S/C40H66O14/c1-35(2)24(53-33-29(47)26(44)21(43)16-50-33)8-10-40-17-39(40)12-11-37(5)18(13-20(42)31(37)38(6)9-7-25(54-38)36(3,4)49)19(39)14-22(32(35)40)51-34-30(48)28(46)27(45)23(15-41)52-34/h18-34,41-49H,7-17H2,1-6H3/t18-,19-,20-,21+,22-,23+,24-,25-,26-,27+,28-,29+,30+,31-,32-,33-,34+,37-,38+,39-,40+/m0/s1. The molecule has 0 unspecified atom stereocenters. The minimum absolute atomic E-state index is 0.0256. The first-order chi connectivity index (χ1) is 25.1. The van der Waals surface area contributed by atoms with Crippen LogP contribution in [0, 0.1) is 45.3 Å². The smallest absolute Gasteiger partial charge is 0.186 e. The first-order valence-corrected chi connectivity index (χ1v) is 20.5. The van der Waals surface area contributed by atoms with Gasteiger partial charge in [-0.05, 0) is 118 Å². The molecule has 14 heteroatoms. The fourth-order valence-electron chi connectivity index (χ4n) is 14.4. The van der Waals surface area contributed by atoms with Crippen LogP contribution in [0.1, 0.15) is 99.3 Å². The third-order valence-electron chi connectivity index (χ3n) is 16.8. The molecule has 0 radical (unpaired) electrons. The minimum Gasteiger partial charge on any atom is -0.394 e. The second-order valence-corrected chi connectivity index (χ2v) is 20.4. The highest BCUT2D eigenvalue weighted by molar-refractivity contribution is 5.31. The highest BCUT2D eigenvalue weighted by Gasteiger charge is 2.83. The molecule has 5 saturated carbocycles. The number of hydrogen-bond donors (Lipinski definition) is 9. The first kappa shape index (κ1) is 40.2. The third kappa shape index (κ3) is 5.71. The Labute approximate surface area is 318 Å². The lowest BCUT2D eigenvalue weighted by Crippen LogP contribution is -2.64. The molecular formula is C40H66O14. The van der Waals surface area contributed by atoms with Gasteiger partial charge in [0.2, 0.25) is 0 Å². The molecule has 0 amide bonds. The molecule has 0 aromatic carbocycles. The number of fused-ring (bicyclic) bond motifs is 2. The summed E-state index contributed by atoms with van der Waals surface area (Å²) in [6.45, 7) is 11.5. The Morgan fingerprint density at radius 3 is 2.07 bits per heavy atom. The van der Waals surface area contributed by atoms with Crippen molar-refractivity contribution in [1.82, 2.24) is 0 Å². The van der Waals surface area contributed by atoms with Crippen molar-refractivity contribution in [2.45, 2.75) is 190 Å². The normalized spacial score (nSPS) is 58.2. The summed E-state index contributed by atoms with van der Waals surface area (Å²) >= 11 is 0. The molecule has 54 heavy (non-hydrogen) atoms. The molecular weight excluding hydrogens is 704 g/mol. The fraction of sp³-hybridized carbons (Fsp3) is 1.00. The van der Waals surface area contributed by atoms with Gasteiger partial charge < -0.3 is 69.6 Å². The van der Waals surface area contributed by atoms with Crippen molar-refractivity contribution in [2.75, 3.05) is 13.2 Å². The average Bonchev–Trinajstić information content (AvgIpc) is 3.41. The Balaban J connectivity index is 1.13. The van der Waals surface area contributed by atoms with Gasteiger partial charge in [-0.25, -0.2) is 0 Å². The number of aliphatic hydroxyl groups is 9. The predicted molar refractivity (Wildman–Crippen MR) is 189 cm³/mol. The van der Waals surface area contributed by atoms with Crippen LogP contribution < -0.4 is 0 Å². The van der Waals surface area contributed by atoms with Crippen LogP contribution in [0.15, 0.2) is 0 Å². The lowest BCUT2D eigenvalue weighted by Gasteiger charge is -2.62. The van der Waals surface area contributed by atoms with Gasteiger partial charge in [-0.3, -0.25) is 0 Å². The van der Waals surface area contributed by atoms with Crippen molar-refractivity contribution in [3.63, 3.8) is 0 Å². The Morgan fingerprint density at radius 1 is 0.704 bits per heavy atom. The van der Waals surface area contributed by atoms with Crippen molar-refractivity contribution in [3.05, 3.63) is 0 Å². The van der Waals surface area contributed by atoms with E-state index in [2.05, 4.69) is 27.7 Å². The van der Waals surface area contributed by atoms with E-state index in [1.54, 1.807) is 13.8 Å². The van der Waals surface area contributed by atoms with E-state index in [0.29, 0.717) is 19.3 Å². The molecule has 2 spiro atoms. The molecule has 5 aliphatic carbocycles. The summed E-state index contributed by atoms with van der Waals surface area (Å²) in [7, 11) is 0. The Morgan fingerprint density at radius 2 is 1.41 bits per heavy atom. The Hall–Kier alpha value is -0.560. The summed E-state index contributed by atoms with van der Waals surface area (Å²) in [5.41, 5.74) is -2.64. The van der Waals surface area contributed by atoms with Crippen LogP contribution in [-0.4, -0.2) is 150 Å². The van der Waals surface area contributed by atoms with E-state index in [0.717, 1.165) is 38.5 Å². The monoisotopic (exact) mass is 770 g/mol. The molecule has 310 valence electrons. The van der Waals surface area contributed by atoms with Gasteiger partial charge in [0.05, 0.1) is 48.8 Å². The summed E-state index contributed by atoms with van der Waals surface area (Å²) in [5.74, 6) is 0.0297. The zero-order chi connectivity index (χ0) is 39.1. The van der Waals surface area contributed by atoms with Crippen molar-refractivity contribution < 1.29 is 69.6 Å². The maximum absolute atomic E-state index is 12.0. The Kier molecular flexibility index (Phi) is 9.85. The van der Waals surface area contributed by atoms with E-state index in [-0.39, 0.29) is 52.6 Å². The molecule has 3 saturated heterocycles. The fourth-order valence-corrected chi connectivity index (χ4v) is 14.4. The van der Waals surface area contributed by atoms with Gasteiger partial charge in [0.1, 0.15) is 42.7 Å². The van der Waals surface area contributed by atoms with Crippen LogP contribution in [0.3, 0.4) is 0 Å². The zero-order valence-electron chi connectivity index (χ0n) is 32.7. The topological polar surface area (TPSA) is 228 Å². The predicted octanol–water partition coefficient (Wildman–Crippen LogP) is 0.334. The highest BCUT2D eigenvalue weighted by Crippen LogP contribution is 2.87.